The molecule has 0 saturated carbocycles. The first kappa shape index (κ1) is 11.7. The van der Waals surface area contributed by atoms with Crippen molar-refractivity contribution in [3.05, 3.63) is 40.9 Å². The van der Waals surface area contributed by atoms with E-state index in [-0.39, 0.29) is 5.82 Å². The van der Waals surface area contributed by atoms with Crippen LogP contribution in [0.2, 0.25) is 5.15 Å². The van der Waals surface area contributed by atoms with Crippen LogP contribution < -0.4 is 0 Å². The molecule has 3 nitrogen and oxygen atoms in total. The van der Waals surface area contributed by atoms with E-state index in [1.165, 1.54) is 6.07 Å². The minimum Gasteiger partial charge on any atom is -0.373 e. The fraction of sp³-hybridized carbons (Fsp3) is 0.308. The molecule has 0 radical (unpaired) electrons. The van der Waals surface area contributed by atoms with Crippen molar-refractivity contribution in [3.63, 3.8) is 0 Å². The zero-order chi connectivity index (χ0) is 12.7. The van der Waals surface area contributed by atoms with Crippen molar-refractivity contribution in [2.45, 2.75) is 25.5 Å². The second kappa shape index (κ2) is 4.37. The summed E-state index contributed by atoms with van der Waals surface area (Å²) in [7, 11) is 0. The molecule has 5 heteroatoms. The summed E-state index contributed by atoms with van der Waals surface area (Å²) < 4.78 is 15.4. The molecule has 2 heterocycles. The molecule has 0 amide bonds. The van der Waals surface area contributed by atoms with Gasteiger partial charge in [-0.2, -0.15) is 0 Å². The molecule has 94 valence electrons. The van der Waals surface area contributed by atoms with Crippen molar-refractivity contribution in [2.24, 2.45) is 0 Å². The molecule has 1 unspecified atom stereocenters. The summed E-state index contributed by atoms with van der Waals surface area (Å²) in [6.07, 6.45) is 1.59. The van der Waals surface area contributed by atoms with E-state index in [1.54, 1.807) is 22.8 Å². The summed E-state index contributed by atoms with van der Waals surface area (Å²) in [5.74, 6) is 0.0417. The van der Waals surface area contributed by atoms with Gasteiger partial charge in [-0.15, -0.1) is 0 Å². The SMILES string of the molecule is OC1CCCc2c(Cl)nc(-c3ccccc3F)n21. The molecular weight excluding hydrogens is 255 g/mol. The number of imidazole rings is 1. The number of aromatic nitrogens is 2. The molecule has 1 atom stereocenters. The number of rotatable bonds is 1. The first-order valence-electron chi connectivity index (χ1n) is 5.88. The summed E-state index contributed by atoms with van der Waals surface area (Å²) in [6.45, 7) is 0. The van der Waals surface area contributed by atoms with Crippen LogP contribution in [0.25, 0.3) is 11.4 Å². The zero-order valence-corrected chi connectivity index (χ0v) is 10.4. The maximum atomic E-state index is 13.8. The Bertz CT molecular complexity index is 597. The van der Waals surface area contributed by atoms with Crippen LogP contribution >= 0.6 is 11.6 Å². The van der Waals surface area contributed by atoms with Gasteiger partial charge in [0.1, 0.15) is 17.9 Å². The van der Waals surface area contributed by atoms with Crippen molar-refractivity contribution in [2.75, 3.05) is 0 Å². The van der Waals surface area contributed by atoms with Crippen molar-refractivity contribution >= 4 is 11.6 Å². The highest BCUT2D eigenvalue weighted by molar-refractivity contribution is 6.30. The first-order chi connectivity index (χ1) is 8.68. The van der Waals surface area contributed by atoms with E-state index in [4.69, 9.17) is 11.6 Å². The summed E-state index contributed by atoms with van der Waals surface area (Å²) in [6, 6.07) is 6.38. The molecule has 0 fully saturated rings. The molecule has 1 aliphatic rings. The van der Waals surface area contributed by atoms with E-state index in [1.807, 2.05) is 0 Å². The minimum absolute atomic E-state index is 0.354. The van der Waals surface area contributed by atoms with Crippen LogP contribution in [0.15, 0.2) is 24.3 Å². The molecule has 2 aromatic rings. The predicted molar refractivity (Wildman–Crippen MR) is 66.8 cm³/mol. The molecule has 3 rings (SSSR count). The quantitative estimate of drug-likeness (QED) is 0.861. The van der Waals surface area contributed by atoms with Crippen LogP contribution in [0.5, 0.6) is 0 Å². The lowest BCUT2D eigenvalue weighted by atomic mass is 10.1. The van der Waals surface area contributed by atoms with Gasteiger partial charge in [0.15, 0.2) is 5.15 Å². The third-order valence-corrected chi connectivity index (χ3v) is 3.55. The second-order valence-electron chi connectivity index (χ2n) is 4.40. The van der Waals surface area contributed by atoms with Crippen LogP contribution in [-0.2, 0) is 6.42 Å². The predicted octanol–water partition coefficient (Wildman–Crippen LogP) is 3.17. The van der Waals surface area contributed by atoms with Crippen LogP contribution in [0, 0.1) is 5.82 Å². The normalized spacial score (nSPS) is 18.7. The number of halogens is 2. The number of hydrogen-bond acceptors (Lipinski definition) is 2. The van der Waals surface area contributed by atoms with Gasteiger partial charge in [0, 0.05) is 0 Å². The second-order valence-corrected chi connectivity index (χ2v) is 4.75. The van der Waals surface area contributed by atoms with E-state index >= 15 is 0 Å². The van der Waals surface area contributed by atoms with Gasteiger partial charge in [0.05, 0.1) is 11.3 Å². The van der Waals surface area contributed by atoms with Gasteiger partial charge < -0.3 is 9.67 Å². The van der Waals surface area contributed by atoms with E-state index in [2.05, 4.69) is 4.98 Å². The number of benzene rings is 1. The molecular formula is C13H12ClFN2O. The van der Waals surface area contributed by atoms with Gasteiger partial charge in [-0.25, -0.2) is 9.37 Å². The Balaban J connectivity index is 2.22. The maximum Gasteiger partial charge on any atom is 0.151 e. The molecule has 0 aliphatic carbocycles. The number of aliphatic hydroxyl groups excluding tert-OH is 1. The molecule has 0 bridgehead atoms. The molecule has 1 N–H and O–H groups in total. The third kappa shape index (κ3) is 1.72. The van der Waals surface area contributed by atoms with Crippen LogP contribution in [-0.4, -0.2) is 14.7 Å². The minimum atomic E-state index is -0.677. The molecule has 0 saturated heterocycles. The number of nitrogens with zero attached hydrogens (tertiary/aromatic N) is 2. The van der Waals surface area contributed by atoms with Gasteiger partial charge in [-0.1, -0.05) is 23.7 Å². The summed E-state index contributed by atoms with van der Waals surface area (Å²) in [5, 5.41) is 10.4. The van der Waals surface area contributed by atoms with E-state index in [9.17, 15) is 9.50 Å². The third-order valence-electron chi connectivity index (χ3n) is 3.25. The molecule has 1 aliphatic heterocycles. The summed E-state index contributed by atoms with van der Waals surface area (Å²) in [5.41, 5.74) is 1.15. The molecule has 1 aromatic carbocycles. The Kier molecular flexibility index (Phi) is 2.84. The smallest absolute Gasteiger partial charge is 0.151 e. The average Bonchev–Trinajstić information content (AvgIpc) is 2.69. The Hall–Kier alpha value is -1.39. The first-order valence-corrected chi connectivity index (χ1v) is 6.26. The van der Waals surface area contributed by atoms with Gasteiger partial charge in [-0.05, 0) is 31.4 Å². The van der Waals surface area contributed by atoms with Crippen LogP contribution in [0.4, 0.5) is 4.39 Å². The number of fused-ring (bicyclic) bond motifs is 1. The molecule has 18 heavy (non-hydrogen) atoms. The molecule has 0 spiro atoms. The fourth-order valence-corrected chi connectivity index (χ4v) is 2.66. The lowest BCUT2D eigenvalue weighted by Gasteiger charge is -2.23. The Morgan fingerprint density at radius 3 is 2.94 bits per heavy atom. The van der Waals surface area contributed by atoms with Crippen molar-refractivity contribution < 1.29 is 9.50 Å². The van der Waals surface area contributed by atoms with Gasteiger partial charge in [0.2, 0.25) is 0 Å². The van der Waals surface area contributed by atoms with Crippen molar-refractivity contribution in [3.8, 4) is 11.4 Å². The number of hydrogen-bond donors (Lipinski definition) is 1. The Labute approximate surface area is 109 Å². The van der Waals surface area contributed by atoms with Crippen LogP contribution in [0.3, 0.4) is 0 Å². The Morgan fingerprint density at radius 1 is 1.39 bits per heavy atom. The monoisotopic (exact) mass is 266 g/mol. The highest BCUT2D eigenvalue weighted by Crippen LogP contribution is 2.34. The van der Waals surface area contributed by atoms with Gasteiger partial charge >= 0.3 is 0 Å². The van der Waals surface area contributed by atoms with Gasteiger partial charge in [0.25, 0.3) is 0 Å². The highest BCUT2D eigenvalue weighted by Gasteiger charge is 2.26. The maximum absolute atomic E-state index is 13.8. The van der Waals surface area contributed by atoms with Crippen molar-refractivity contribution in [1.82, 2.24) is 9.55 Å². The van der Waals surface area contributed by atoms with E-state index < -0.39 is 6.23 Å². The summed E-state index contributed by atoms with van der Waals surface area (Å²) in [4.78, 5) is 4.20. The Morgan fingerprint density at radius 2 is 2.17 bits per heavy atom. The summed E-state index contributed by atoms with van der Waals surface area (Å²) >= 11 is 6.06. The standard InChI is InChI=1S/C13H12ClFN2O/c14-12-10-6-3-7-11(18)17(10)13(16-12)8-4-1-2-5-9(8)15/h1-2,4-5,11,18H,3,6-7H2. The molecule has 1 aromatic heterocycles. The van der Waals surface area contributed by atoms with E-state index in [0.29, 0.717) is 23.0 Å². The fourth-order valence-electron chi connectivity index (χ4n) is 2.40. The number of aliphatic hydroxyl groups is 1. The lowest BCUT2D eigenvalue weighted by Crippen LogP contribution is -2.18. The van der Waals surface area contributed by atoms with Gasteiger partial charge in [-0.3, -0.25) is 0 Å². The average molecular weight is 267 g/mol. The highest BCUT2D eigenvalue weighted by atomic mass is 35.5. The zero-order valence-electron chi connectivity index (χ0n) is 9.61. The lowest BCUT2D eigenvalue weighted by molar-refractivity contribution is 0.0806. The topological polar surface area (TPSA) is 38.1 Å². The van der Waals surface area contributed by atoms with Crippen molar-refractivity contribution in [1.29, 1.82) is 0 Å². The largest absolute Gasteiger partial charge is 0.373 e. The van der Waals surface area contributed by atoms with Crippen LogP contribution in [0.1, 0.15) is 24.8 Å². The van der Waals surface area contributed by atoms with E-state index in [0.717, 1.165) is 18.5 Å².